The number of oxime groups is 1. The van der Waals surface area contributed by atoms with E-state index < -0.39 is 5.97 Å². The number of hydrogen-bond acceptors (Lipinski definition) is 7. The molecule has 0 spiro atoms. The van der Waals surface area contributed by atoms with Gasteiger partial charge < -0.3 is 18.9 Å². The number of esters is 1. The molecule has 4 rings (SSSR count). The van der Waals surface area contributed by atoms with Crippen molar-refractivity contribution in [3.63, 3.8) is 0 Å². The Morgan fingerprint density at radius 1 is 0.865 bits per heavy atom. The maximum atomic E-state index is 13.2. The Hall–Kier alpha value is -4.59. The first-order chi connectivity index (χ1) is 17.7. The predicted molar refractivity (Wildman–Crippen MR) is 142 cm³/mol. The molecule has 0 amide bonds. The normalized spacial score (nSPS) is 11.0. The number of rotatable bonds is 7. The second-order valence-electron chi connectivity index (χ2n) is 8.08. The Labute approximate surface area is 214 Å². The average Bonchev–Trinajstić information content (AvgIpc) is 3.20. The van der Waals surface area contributed by atoms with Gasteiger partial charge in [0, 0.05) is 52.0 Å². The minimum Gasteiger partial charge on any atom is -0.427 e. The van der Waals surface area contributed by atoms with E-state index in [0.29, 0.717) is 22.4 Å². The van der Waals surface area contributed by atoms with Gasteiger partial charge in [-0.15, -0.1) is 0 Å². The lowest BCUT2D eigenvalue weighted by atomic mass is 10.00. The van der Waals surface area contributed by atoms with Crippen molar-refractivity contribution in [2.75, 3.05) is 7.11 Å². The highest BCUT2D eigenvalue weighted by molar-refractivity contribution is 6.45. The number of carbonyl (C=O) groups is 4. The van der Waals surface area contributed by atoms with Crippen LogP contribution in [0.1, 0.15) is 54.0 Å². The summed E-state index contributed by atoms with van der Waals surface area (Å²) < 4.78 is 7.19. The molecule has 0 bridgehead atoms. The highest BCUT2D eigenvalue weighted by Gasteiger charge is 2.17. The Balaban J connectivity index is 0.00000121. The van der Waals surface area contributed by atoms with Crippen molar-refractivity contribution in [3.05, 3.63) is 77.4 Å². The number of aldehydes is 1. The standard InChI is InChI=1S/C27H24N2O5.C2H4O/c1-5-29-24-12-8-19(26(31)16(2)28-33-4)14-22(24)23-15-20(9-13-25(23)29)27(32)18-6-10-21(11-7-18)34-17(3)30;1-2-3/h6-15H,5H2,1-4H3;2H,1H3/b28-16+;. The molecular formula is C29H28N2O6. The molecule has 0 fully saturated rings. The molecule has 0 N–H and O–H groups in total. The number of aryl methyl sites for hydroxylation is 1. The molecule has 1 aromatic heterocycles. The van der Waals surface area contributed by atoms with E-state index in [1.165, 1.54) is 21.0 Å². The largest absolute Gasteiger partial charge is 0.427 e. The summed E-state index contributed by atoms with van der Waals surface area (Å²) in [7, 11) is 1.40. The minimum atomic E-state index is -0.418. The van der Waals surface area contributed by atoms with Gasteiger partial charge in [0.05, 0.1) is 0 Å². The number of ketones is 2. The molecule has 0 aliphatic rings. The van der Waals surface area contributed by atoms with Gasteiger partial charge in [-0.25, -0.2) is 0 Å². The fourth-order valence-corrected chi connectivity index (χ4v) is 4.12. The van der Waals surface area contributed by atoms with Gasteiger partial charge in [0.2, 0.25) is 5.78 Å². The number of nitrogens with zero attached hydrogens (tertiary/aromatic N) is 2. The molecule has 0 aliphatic heterocycles. The van der Waals surface area contributed by atoms with Crippen LogP contribution in [0.4, 0.5) is 0 Å². The van der Waals surface area contributed by atoms with Gasteiger partial charge in [0.25, 0.3) is 0 Å². The summed E-state index contributed by atoms with van der Waals surface area (Å²) in [6, 6.07) is 17.6. The first kappa shape index (κ1) is 27.0. The van der Waals surface area contributed by atoms with E-state index in [2.05, 4.69) is 16.6 Å². The van der Waals surface area contributed by atoms with E-state index in [1.807, 2.05) is 24.3 Å². The fourth-order valence-electron chi connectivity index (χ4n) is 4.12. The Kier molecular flexibility index (Phi) is 8.68. The second kappa shape index (κ2) is 11.9. The molecule has 8 nitrogen and oxygen atoms in total. The topological polar surface area (TPSA) is 104 Å². The number of ether oxygens (including phenoxy) is 1. The molecule has 0 aliphatic carbocycles. The molecule has 0 unspecified atom stereocenters. The highest BCUT2D eigenvalue weighted by Crippen LogP contribution is 2.31. The second-order valence-corrected chi connectivity index (χ2v) is 8.08. The third-order valence-corrected chi connectivity index (χ3v) is 5.64. The fraction of sp³-hybridized carbons (Fsp3) is 0.207. The van der Waals surface area contributed by atoms with Crippen LogP contribution in [0.15, 0.2) is 65.8 Å². The molecule has 0 saturated carbocycles. The smallest absolute Gasteiger partial charge is 0.308 e. The molecule has 0 atom stereocenters. The monoisotopic (exact) mass is 500 g/mol. The van der Waals surface area contributed by atoms with E-state index in [9.17, 15) is 14.4 Å². The third kappa shape index (κ3) is 5.81. The van der Waals surface area contributed by atoms with Crippen LogP contribution in [-0.2, 0) is 21.0 Å². The summed E-state index contributed by atoms with van der Waals surface area (Å²) in [4.78, 5) is 50.6. The zero-order chi connectivity index (χ0) is 27.1. The molecule has 0 saturated heterocycles. The molecule has 8 heteroatoms. The van der Waals surface area contributed by atoms with Gasteiger partial charge in [-0.2, -0.15) is 0 Å². The molecule has 3 aromatic carbocycles. The number of benzene rings is 3. The van der Waals surface area contributed by atoms with E-state index in [0.717, 1.165) is 34.6 Å². The van der Waals surface area contributed by atoms with Gasteiger partial charge in [-0.1, -0.05) is 5.16 Å². The van der Waals surface area contributed by atoms with Crippen molar-refractivity contribution >= 4 is 51.3 Å². The lowest BCUT2D eigenvalue weighted by Gasteiger charge is -2.05. The Morgan fingerprint density at radius 3 is 1.89 bits per heavy atom. The minimum absolute atomic E-state index is 0.149. The van der Waals surface area contributed by atoms with E-state index in [-0.39, 0.29) is 17.3 Å². The SMILES string of the molecule is CC=O.CCn1c2ccc(C(=O)/C(C)=N/OC)cc2c2cc(C(=O)c3ccc(OC(C)=O)cc3)ccc21. The molecule has 0 radical (unpaired) electrons. The van der Waals surface area contributed by atoms with Gasteiger partial charge in [-0.3, -0.25) is 14.4 Å². The van der Waals surface area contributed by atoms with Gasteiger partial charge in [0.15, 0.2) is 5.78 Å². The summed E-state index contributed by atoms with van der Waals surface area (Å²) in [6.45, 7) is 7.17. The Bertz CT molecular complexity index is 1510. The lowest BCUT2D eigenvalue weighted by molar-refractivity contribution is -0.131. The molecule has 37 heavy (non-hydrogen) atoms. The molecule has 4 aromatic rings. The van der Waals surface area contributed by atoms with Crippen LogP contribution in [-0.4, -0.2) is 41.2 Å². The van der Waals surface area contributed by atoms with Crippen LogP contribution in [0.2, 0.25) is 0 Å². The van der Waals surface area contributed by atoms with Gasteiger partial charge in [0.1, 0.15) is 24.9 Å². The first-order valence-corrected chi connectivity index (χ1v) is 11.7. The summed E-state index contributed by atoms with van der Waals surface area (Å²) in [5.74, 6) is -0.404. The van der Waals surface area contributed by atoms with E-state index in [1.54, 1.807) is 43.3 Å². The summed E-state index contributed by atoms with van der Waals surface area (Å²) in [5, 5.41) is 5.51. The maximum absolute atomic E-state index is 13.2. The summed E-state index contributed by atoms with van der Waals surface area (Å²) >= 11 is 0. The third-order valence-electron chi connectivity index (χ3n) is 5.64. The molecular weight excluding hydrogens is 472 g/mol. The van der Waals surface area contributed by atoms with Crippen LogP contribution in [0.3, 0.4) is 0 Å². The van der Waals surface area contributed by atoms with Crippen LogP contribution >= 0.6 is 0 Å². The van der Waals surface area contributed by atoms with Crippen molar-refractivity contribution in [1.29, 1.82) is 0 Å². The van der Waals surface area contributed by atoms with E-state index >= 15 is 0 Å². The van der Waals surface area contributed by atoms with Crippen molar-refractivity contribution in [2.45, 2.75) is 34.2 Å². The highest BCUT2D eigenvalue weighted by atomic mass is 16.6. The summed E-state index contributed by atoms with van der Waals surface area (Å²) in [5.41, 5.74) is 3.72. The number of fused-ring (bicyclic) bond motifs is 3. The number of hydrogen-bond donors (Lipinski definition) is 0. The lowest BCUT2D eigenvalue weighted by Crippen LogP contribution is -2.10. The number of Topliss-reactive ketones (excluding diaryl/α,β-unsaturated/α-hetero) is 1. The van der Waals surface area contributed by atoms with E-state index in [4.69, 9.17) is 14.4 Å². The van der Waals surface area contributed by atoms with Crippen LogP contribution in [0.25, 0.3) is 21.8 Å². The average molecular weight is 501 g/mol. The van der Waals surface area contributed by atoms with Gasteiger partial charge >= 0.3 is 5.97 Å². The number of aromatic nitrogens is 1. The van der Waals surface area contributed by atoms with Crippen molar-refractivity contribution < 1.29 is 28.8 Å². The number of carbonyl (C=O) groups excluding carboxylic acids is 4. The maximum Gasteiger partial charge on any atom is 0.308 e. The Morgan fingerprint density at radius 2 is 1.38 bits per heavy atom. The van der Waals surface area contributed by atoms with Crippen molar-refractivity contribution in [1.82, 2.24) is 4.57 Å². The van der Waals surface area contributed by atoms with Crippen LogP contribution in [0.5, 0.6) is 5.75 Å². The van der Waals surface area contributed by atoms with Crippen LogP contribution in [0, 0.1) is 0 Å². The zero-order valence-corrected chi connectivity index (χ0v) is 21.4. The molecule has 1 heterocycles. The summed E-state index contributed by atoms with van der Waals surface area (Å²) in [6.07, 6.45) is 0.750. The first-order valence-electron chi connectivity index (χ1n) is 11.7. The van der Waals surface area contributed by atoms with Crippen molar-refractivity contribution in [3.8, 4) is 5.75 Å². The predicted octanol–water partition coefficient (Wildman–Crippen LogP) is 5.38. The van der Waals surface area contributed by atoms with Gasteiger partial charge in [-0.05, 0) is 81.4 Å². The van der Waals surface area contributed by atoms with Crippen LogP contribution < -0.4 is 4.74 Å². The zero-order valence-electron chi connectivity index (χ0n) is 21.4. The molecule has 190 valence electrons. The van der Waals surface area contributed by atoms with Crippen molar-refractivity contribution in [2.24, 2.45) is 5.16 Å². The quantitative estimate of drug-likeness (QED) is 0.0843.